The zero-order chi connectivity index (χ0) is 24.6. The number of ether oxygens (including phenoxy) is 2. The maximum Gasteiger partial charge on any atom is 0.407 e. The SMILES string of the molecule is COc1ccc2ccc(=O)n(CC(N=[N+]=[N-])[C@H]3CC[C@H](NC(=O)OCc4ccccc4)CC3)c2c1. The first-order chi connectivity index (χ1) is 17.1. The lowest BCUT2D eigenvalue weighted by molar-refractivity contribution is 0.130. The molecule has 4 rings (SSSR count). The van der Waals surface area contributed by atoms with E-state index in [9.17, 15) is 15.1 Å². The highest BCUT2D eigenvalue weighted by Gasteiger charge is 2.29. The largest absolute Gasteiger partial charge is 0.497 e. The van der Waals surface area contributed by atoms with Crippen LogP contribution < -0.4 is 15.6 Å². The predicted octanol–water partition coefficient (Wildman–Crippen LogP) is 5.17. The molecule has 35 heavy (non-hydrogen) atoms. The Balaban J connectivity index is 1.38. The molecule has 1 heterocycles. The number of rotatable bonds is 8. The number of carbonyl (C=O) groups is 1. The predicted molar refractivity (Wildman–Crippen MR) is 133 cm³/mol. The third-order valence-electron chi connectivity index (χ3n) is 6.62. The number of hydrogen-bond acceptors (Lipinski definition) is 5. The number of benzene rings is 2. The van der Waals surface area contributed by atoms with Crippen LogP contribution in [0.15, 0.2) is 70.6 Å². The van der Waals surface area contributed by atoms with E-state index in [-0.39, 0.29) is 36.7 Å². The van der Waals surface area contributed by atoms with Crippen molar-refractivity contribution in [3.05, 3.63) is 87.0 Å². The van der Waals surface area contributed by atoms with Crippen molar-refractivity contribution in [2.24, 2.45) is 11.0 Å². The molecule has 0 aliphatic heterocycles. The third kappa shape index (κ3) is 6.13. The van der Waals surface area contributed by atoms with E-state index in [2.05, 4.69) is 15.3 Å². The minimum atomic E-state index is -0.430. The summed E-state index contributed by atoms with van der Waals surface area (Å²) in [7, 11) is 1.58. The molecule has 1 fully saturated rings. The number of fused-ring (bicyclic) bond motifs is 1. The number of hydrogen-bond donors (Lipinski definition) is 1. The Morgan fingerprint density at radius 3 is 2.60 bits per heavy atom. The number of carbonyl (C=O) groups excluding carboxylic acids is 1. The number of nitrogens with zero attached hydrogens (tertiary/aromatic N) is 4. The molecule has 1 aliphatic carbocycles. The third-order valence-corrected chi connectivity index (χ3v) is 6.62. The molecule has 1 aromatic heterocycles. The van der Waals surface area contributed by atoms with E-state index in [0.717, 1.165) is 42.1 Å². The quantitative estimate of drug-likeness (QED) is 0.274. The number of alkyl carbamates (subject to hydrolysis) is 1. The van der Waals surface area contributed by atoms with Gasteiger partial charge in [-0.05, 0) is 66.3 Å². The molecule has 0 radical (unpaired) electrons. The van der Waals surface area contributed by atoms with Crippen LogP contribution in [0.3, 0.4) is 0 Å². The van der Waals surface area contributed by atoms with Gasteiger partial charge in [-0.25, -0.2) is 4.79 Å². The van der Waals surface area contributed by atoms with E-state index >= 15 is 0 Å². The van der Waals surface area contributed by atoms with Gasteiger partial charge >= 0.3 is 6.09 Å². The van der Waals surface area contributed by atoms with Crippen molar-refractivity contribution in [2.75, 3.05) is 7.11 Å². The molecule has 9 nitrogen and oxygen atoms in total. The topological polar surface area (TPSA) is 118 Å². The van der Waals surface area contributed by atoms with Crippen LogP contribution in [-0.2, 0) is 17.9 Å². The van der Waals surface area contributed by atoms with Crippen molar-refractivity contribution < 1.29 is 14.3 Å². The normalized spacial score (nSPS) is 18.3. The van der Waals surface area contributed by atoms with Gasteiger partial charge in [0.1, 0.15) is 12.4 Å². The Morgan fingerprint density at radius 2 is 1.89 bits per heavy atom. The molecule has 182 valence electrons. The maximum absolute atomic E-state index is 12.7. The molecule has 1 aliphatic rings. The highest BCUT2D eigenvalue weighted by molar-refractivity contribution is 5.80. The molecule has 3 aromatic rings. The van der Waals surface area contributed by atoms with Gasteiger partial charge < -0.3 is 19.4 Å². The Bertz CT molecular complexity index is 1260. The van der Waals surface area contributed by atoms with Crippen LogP contribution in [0, 0.1) is 5.92 Å². The van der Waals surface area contributed by atoms with Crippen molar-refractivity contribution in [3.63, 3.8) is 0 Å². The minimum Gasteiger partial charge on any atom is -0.497 e. The van der Waals surface area contributed by atoms with Gasteiger partial charge in [-0.1, -0.05) is 35.4 Å². The summed E-state index contributed by atoms with van der Waals surface area (Å²) in [6.45, 7) is 0.515. The van der Waals surface area contributed by atoms with Crippen LogP contribution in [0.2, 0.25) is 0 Å². The Morgan fingerprint density at radius 1 is 1.14 bits per heavy atom. The average Bonchev–Trinajstić information content (AvgIpc) is 2.89. The van der Waals surface area contributed by atoms with Gasteiger partial charge in [0.2, 0.25) is 0 Å². The molecule has 9 heteroatoms. The van der Waals surface area contributed by atoms with Crippen molar-refractivity contribution in [2.45, 2.75) is 50.9 Å². The first-order valence-corrected chi connectivity index (χ1v) is 11.8. The number of amides is 1. The van der Waals surface area contributed by atoms with Gasteiger partial charge in [0, 0.05) is 29.6 Å². The van der Waals surface area contributed by atoms with Crippen LogP contribution in [0.1, 0.15) is 31.2 Å². The molecule has 1 N–H and O–H groups in total. The number of nitrogens with one attached hydrogen (secondary N) is 1. The summed E-state index contributed by atoms with van der Waals surface area (Å²) in [4.78, 5) is 28.0. The summed E-state index contributed by atoms with van der Waals surface area (Å²) < 4.78 is 12.3. The molecule has 0 spiro atoms. The molecular weight excluding hydrogens is 446 g/mol. The van der Waals surface area contributed by atoms with E-state index < -0.39 is 6.09 Å². The van der Waals surface area contributed by atoms with Crippen molar-refractivity contribution in [3.8, 4) is 5.75 Å². The smallest absolute Gasteiger partial charge is 0.407 e. The fourth-order valence-electron chi connectivity index (χ4n) is 4.70. The summed E-state index contributed by atoms with van der Waals surface area (Å²) in [5, 5.41) is 7.91. The minimum absolute atomic E-state index is 0.00535. The van der Waals surface area contributed by atoms with Gasteiger partial charge in [0.05, 0.1) is 18.7 Å². The van der Waals surface area contributed by atoms with Crippen molar-refractivity contribution >= 4 is 17.0 Å². The number of pyridine rings is 1. The highest BCUT2D eigenvalue weighted by Crippen LogP contribution is 2.30. The molecule has 1 atom stereocenters. The molecule has 1 saturated carbocycles. The van der Waals surface area contributed by atoms with E-state index in [1.165, 1.54) is 6.07 Å². The van der Waals surface area contributed by atoms with E-state index in [0.29, 0.717) is 5.75 Å². The van der Waals surface area contributed by atoms with Crippen LogP contribution in [0.25, 0.3) is 21.3 Å². The van der Waals surface area contributed by atoms with Gasteiger partial charge in [0.25, 0.3) is 5.56 Å². The molecule has 0 saturated heterocycles. The van der Waals surface area contributed by atoms with Crippen molar-refractivity contribution in [1.82, 2.24) is 9.88 Å². The zero-order valence-corrected chi connectivity index (χ0v) is 19.7. The monoisotopic (exact) mass is 475 g/mol. The van der Waals surface area contributed by atoms with E-state index in [4.69, 9.17) is 9.47 Å². The number of azide groups is 1. The highest BCUT2D eigenvalue weighted by atomic mass is 16.5. The van der Waals surface area contributed by atoms with E-state index in [1.807, 2.05) is 48.5 Å². The van der Waals surface area contributed by atoms with Crippen LogP contribution in [-0.4, -0.2) is 29.9 Å². The maximum atomic E-state index is 12.7. The molecule has 0 bridgehead atoms. The molecule has 2 aromatic carbocycles. The molecule has 1 unspecified atom stereocenters. The summed E-state index contributed by atoms with van der Waals surface area (Å²) >= 11 is 0. The first kappa shape index (κ1) is 24.2. The lowest BCUT2D eigenvalue weighted by Crippen LogP contribution is -2.40. The fraction of sp³-hybridized carbons (Fsp3) is 0.385. The lowest BCUT2D eigenvalue weighted by atomic mass is 9.81. The Labute approximate surface area is 203 Å². The first-order valence-electron chi connectivity index (χ1n) is 11.8. The van der Waals surface area contributed by atoms with Crippen molar-refractivity contribution in [1.29, 1.82) is 0 Å². The number of methoxy groups -OCH3 is 1. The fourth-order valence-corrected chi connectivity index (χ4v) is 4.70. The summed E-state index contributed by atoms with van der Waals surface area (Å²) in [6, 6.07) is 18.1. The zero-order valence-electron chi connectivity index (χ0n) is 19.7. The Kier molecular flexibility index (Phi) is 7.90. The molecular formula is C26H29N5O4. The second-order valence-electron chi connectivity index (χ2n) is 8.80. The Hall–Kier alpha value is -3.97. The average molecular weight is 476 g/mol. The summed E-state index contributed by atoms with van der Waals surface area (Å²) in [5.74, 6) is 0.764. The number of aromatic nitrogens is 1. The standard InChI is InChI=1S/C26H29N5O4/c1-34-22-13-9-20-10-14-25(32)31(24(20)15-22)16-23(29-30-27)19-7-11-21(12-8-19)28-26(33)35-17-18-5-3-2-4-6-18/h2-6,9-10,13-15,19,21,23H,7-8,11-12,16-17H2,1H3,(H,28,33)/t19-,21-,23?. The summed E-state index contributed by atoms with van der Waals surface area (Å²) in [5.41, 5.74) is 10.7. The molecule has 1 amide bonds. The van der Waals surface area contributed by atoms with Crippen LogP contribution in [0.4, 0.5) is 4.79 Å². The lowest BCUT2D eigenvalue weighted by Gasteiger charge is -2.32. The summed E-state index contributed by atoms with van der Waals surface area (Å²) in [6.07, 6.45) is 2.62. The second-order valence-corrected chi connectivity index (χ2v) is 8.80. The van der Waals surface area contributed by atoms with Crippen LogP contribution >= 0.6 is 0 Å². The van der Waals surface area contributed by atoms with Gasteiger partial charge in [0.15, 0.2) is 0 Å². The van der Waals surface area contributed by atoms with Gasteiger partial charge in [-0.2, -0.15) is 0 Å². The van der Waals surface area contributed by atoms with Crippen LogP contribution in [0.5, 0.6) is 5.75 Å². The van der Waals surface area contributed by atoms with E-state index in [1.54, 1.807) is 17.7 Å². The van der Waals surface area contributed by atoms with Gasteiger partial charge in [-0.15, -0.1) is 0 Å². The van der Waals surface area contributed by atoms with Gasteiger partial charge in [-0.3, -0.25) is 4.79 Å². The second kappa shape index (κ2) is 11.4.